The summed E-state index contributed by atoms with van der Waals surface area (Å²) in [5.74, 6) is 1.44. The molecular weight excluding hydrogens is 262 g/mol. The summed E-state index contributed by atoms with van der Waals surface area (Å²) in [6.07, 6.45) is 7.00. The van der Waals surface area contributed by atoms with Crippen LogP contribution in [0.15, 0.2) is 24.3 Å². The number of ether oxygens (including phenoxy) is 1. The van der Waals surface area contributed by atoms with E-state index in [2.05, 4.69) is 24.4 Å². The van der Waals surface area contributed by atoms with Crippen LogP contribution in [0.4, 0.5) is 0 Å². The van der Waals surface area contributed by atoms with Gasteiger partial charge in [0.25, 0.3) is 0 Å². The number of hydrogen-bond acceptors (Lipinski definition) is 3. The molecule has 1 unspecified atom stereocenters. The average molecular weight is 291 g/mol. The Morgan fingerprint density at radius 1 is 1.19 bits per heavy atom. The Balaban J connectivity index is 1.95. The number of aliphatic hydroxyl groups is 1. The third kappa shape index (κ3) is 4.72. The van der Waals surface area contributed by atoms with Gasteiger partial charge < -0.3 is 15.2 Å². The maximum atomic E-state index is 9.24. The van der Waals surface area contributed by atoms with E-state index >= 15 is 0 Å². The largest absolute Gasteiger partial charge is 0.497 e. The predicted molar refractivity (Wildman–Crippen MR) is 86.6 cm³/mol. The Kier molecular flexibility index (Phi) is 6.52. The van der Waals surface area contributed by atoms with Crippen LogP contribution in [0, 0.1) is 5.92 Å². The number of rotatable bonds is 7. The molecule has 0 saturated heterocycles. The van der Waals surface area contributed by atoms with Crippen LogP contribution < -0.4 is 10.1 Å². The zero-order valence-electron chi connectivity index (χ0n) is 13.3. The van der Waals surface area contributed by atoms with Crippen molar-refractivity contribution in [2.75, 3.05) is 13.7 Å². The molecule has 1 atom stereocenters. The molecule has 1 aliphatic carbocycles. The van der Waals surface area contributed by atoms with Gasteiger partial charge in [-0.2, -0.15) is 0 Å². The van der Waals surface area contributed by atoms with Crippen LogP contribution in [0.1, 0.15) is 57.1 Å². The summed E-state index contributed by atoms with van der Waals surface area (Å²) in [5, 5.41) is 13.1. The number of hydrogen-bond donors (Lipinski definition) is 2. The SMILES string of the molecule is CCCC(NC1CCC(CO)CC1)c1ccc(OC)cc1. The van der Waals surface area contributed by atoms with Crippen molar-refractivity contribution >= 4 is 0 Å². The number of benzene rings is 1. The van der Waals surface area contributed by atoms with Crippen LogP contribution in [0.5, 0.6) is 5.75 Å². The van der Waals surface area contributed by atoms with Crippen LogP contribution >= 0.6 is 0 Å². The molecule has 3 heteroatoms. The van der Waals surface area contributed by atoms with Gasteiger partial charge in [-0.1, -0.05) is 25.5 Å². The van der Waals surface area contributed by atoms with E-state index in [1.54, 1.807) is 7.11 Å². The van der Waals surface area contributed by atoms with Gasteiger partial charge in [-0.25, -0.2) is 0 Å². The molecule has 1 saturated carbocycles. The minimum absolute atomic E-state index is 0.351. The van der Waals surface area contributed by atoms with E-state index in [1.165, 1.54) is 24.8 Å². The first kappa shape index (κ1) is 16.3. The Labute approximate surface area is 128 Å². The van der Waals surface area contributed by atoms with Gasteiger partial charge in [-0.15, -0.1) is 0 Å². The molecule has 0 heterocycles. The van der Waals surface area contributed by atoms with Crippen LogP contribution in [0.25, 0.3) is 0 Å². The molecule has 1 aromatic rings. The fourth-order valence-electron chi connectivity index (χ4n) is 3.27. The van der Waals surface area contributed by atoms with Gasteiger partial charge in [-0.3, -0.25) is 0 Å². The van der Waals surface area contributed by atoms with E-state index < -0.39 is 0 Å². The van der Waals surface area contributed by atoms with Crippen molar-refractivity contribution in [1.82, 2.24) is 5.32 Å². The lowest BCUT2D eigenvalue weighted by molar-refractivity contribution is 0.171. The molecule has 2 N–H and O–H groups in total. The smallest absolute Gasteiger partial charge is 0.118 e. The van der Waals surface area contributed by atoms with Crippen LogP contribution in [-0.2, 0) is 0 Å². The molecule has 0 amide bonds. The summed E-state index contributed by atoms with van der Waals surface area (Å²) < 4.78 is 5.24. The molecule has 0 bridgehead atoms. The first-order chi connectivity index (χ1) is 10.3. The van der Waals surface area contributed by atoms with Crippen molar-refractivity contribution in [3.05, 3.63) is 29.8 Å². The minimum Gasteiger partial charge on any atom is -0.497 e. The zero-order valence-corrected chi connectivity index (χ0v) is 13.3. The molecule has 0 aromatic heterocycles. The zero-order chi connectivity index (χ0) is 15.1. The van der Waals surface area contributed by atoms with Crippen molar-refractivity contribution in [3.8, 4) is 5.75 Å². The monoisotopic (exact) mass is 291 g/mol. The number of nitrogens with one attached hydrogen (secondary N) is 1. The average Bonchev–Trinajstić information content (AvgIpc) is 2.55. The van der Waals surface area contributed by atoms with Crippen LogP contribution in [0.3, 0.4) is 0 Å². The highest BCUT2D eigenvalue weighted by Crippen LogP contribution is 2.28. The summed E-state index contributed by atoms with van der Waals surface area (Å²) in [5.41, 5.74) is 1.35. The minimum atomic E-state index is 0.351. The molecule has 1 fully saturated rings. The lowest BCUT2D eigenvalue weighted by Crippen LogP contribution is -2.36. The normalized spacial score (nSPS) is 23.8. The lowest BCUT2D eigenvalue weighted by atomic mass is 9.85. The maximum absolute atomic E-state index is 9.24. The highest BCUT2D eigenvalue weighted by atomic mass is 16.5. The van der Waals surface area contributed by atoms with Gasteiger partial charge in [-0.05, 0) is 55.7 Å². The summed E-state index contributed by atoms with van der Waals surface area (Å²) in [4.78, 5) is 0. The lowest BCUT2D eigenvalue weighted by Gasteiger charge is -2.32. The van der Waals surface area contributed by atoms with Gasteiger partial charge in [0, 0.05) is 18.7 Å². The van der Waals surface area contributed by atoms with Gasteiger partial charge in [0.05, 0.1) is 7.11 Å². The molecule has 0 aliphatic heterocycles. The Morgan fingerprint density at radius 3 is 2.38 bits per heavy atom. The second-order valence-electron chi connectivity index (χ2n) is 6.18. The first-order valence-electron chi connectivity index (χ1n) is 8.27. The molecule has 0 radical (unpaired) electrons. The van der Waals surface area contributed by atoms with E-state index in [-0.39, 0.29) is 0 Å². The van der Waals surface area contributed by atoms with Crippen molar-refractivity contribution in [2.45, 2.75) is 57.5 Å². The highest BCUT2D eigenvalue weighted by Gasteiger charge is 2.23. The van der Waals surface area contributed by atoms with Gasteiger partial charge in [0.15, 0.2) is 0 Å². The Hall–Kier alpha value is -1.06. The molecule has 1 aromatic carbocycles. The maximum Gasteiger partial charge on any atom is 0.118 e. The van der Waals surface area contributed by atoms with E-state index in [9.17, 15) is 5.11 Å². The van der Waals surface area contributed by atoms with Crippen LogP contribution in [-0.4, -0.2) is 24.9 Å². The number of aliphatic hydroxyl groups excluding tert-OH is 1. The summed E-state index contributed by atoms with van der Waals surface area (Å²) in [6, 6.07) is 9.45. The van der Waals surface area contributed by atoms with Gasteiger partial charge >= 0.3 is 0 Å². The van der Waals surface area contributed by atoms with Gasteiger partial charge in [0.1, 0.15) is 5.75 Å². The third-order valence-electron chi connectivity index (χ3n) is 4.64. The second-order valence-corrected chi connectivity index (χ2v) is 6.18. The predicted octanol–water partition coefficient (Wildman–Crippen LogP) is 3.68. The second kappa shape index (κ2) is 8.40. The van der Waals surface area contributed by atoms with Crippen LogP contribution in [0.2, 0.25) is 0 Å². The molecule has 0 spiro atoms. The quantitative estimate of drug-likeness (QED) is 0.805. The molecule has 118 valence electrons. The Bertz CT molecular complexity index is 396. The van der Waals surface area contributed by atoms with E-state index in [4.69, 9.17) is 4.74 Å². The molecule has 3 nitrogen and oxygen atoms in total. The topological polar surface area (TPSA) is 41.5 Å². The van der Waals surface area contributed by atoms with E-state index in [0.717, 1.165) is 25.0 Å². The molecule has 1 aliphatic rings. The van der Waals surface area contributed by atoms with Crippen molar-refractivity contribution in [3.63, 3.8) is 0 Å². The molecule has 21 heavy (non-hydrogen) atoms. The summed E-state index contributed by atoms with van der Waals surface area (Å²) in [7, 11) is 1.70. The summed E-state index contributed by atoms with van der Waals surface area (Å²) >= 11 is 0. The standard InChI is InChI=1S/C18H29NO2/c1-3-4-18(15-7-11-17(21-2)12-8-15)19-16-9-5-14(13-20)6-10-16/h7-8,11-12,14,16,18-20H,3-6,9-10,13H2,1-2H3. The van der Waals surface area contributed by atoms with Crippen molar-refractivity contribution in [1.29, 1.82) is 0 Å². The van der Waals surface area contributed by atoms with Crippen molar-refractivity contribution < 1.29 is 9.84 Å². The van der Waals surface area contributed by atoms with Gasteiger partial charge in [0.2, 0.25) is 0 Å². The third-order valence-corrected chi connectivity index (χ3v) is 4.64. The van der Waals surface area contributed by atoms with E-state index in [1.807, 2.05) is 12.1 Å². The molecular formula is C18H29NO2. The molecule has 2 rings (SSSR count). The Morgan fingerprint density at radius 2 is 1.86 bits per heavy atom. The van der Waals surface area contributed by atoms with Crippen molar-refractivity contribution in [2.24, 2.45) is 5.92 Å². The summed E-state index contributed by atoms with van der Waals surface area (Å²) in [6.45, 7) is 2.59. The first-order valence-corrected chi connectivity index (χ1v) is 8.27. The number of methoxy groups -OCH3 is 1. The highest BCUT2D eigenvalue weighted by molar-refractivity contribution is 5.29. The fraction of sp³-hybridized carbons (Fsp3) is 0.667. The fourth-order valence-corrected chi connectivity index (χ4v) is 3.27. The van der Waals surface area contributed by atoms with E-state index in [0.29, 0.717) is 24.6 Å².